The van der Waals surface area contributed by atoms with Crippen LogP contribution >= 0.6 is 11.6 Å². The number of hydrogen-bond donors (Lipinski definition) is 1. The summed E-state index contributed by atoms with van der Waals surface area (Å²) in [5, 5.41) is 1.31. The minimum atomic E-state index is -3.78. The predicted octanol–water partition coefficient (Wildman–Crippen LogP) is 8.70. The minimum absolute atomic E-state index is 0.0125. The van der Waals surface area contributed by atoms with Crippen molar-refractivity contribution in [1.82, 2.24) is 4.98 Å². The molecule has 8 nitrogen and oxygen atoms in total. The van der Waals surface area contributed by atoms with Crippen LogP contribution in [0.2, 0.25) is 23.2 Å². The van der Waals surface area contributed by atoms with Crippen molar-refractivity contribution >= 4 is 52.5 Å². The molecule has 3 aromatic rings. The molecule has 2 aromatic carbocycles. The van der Waals surface area contributed by atoms with E-state index in [0.717, 1.165) is 22.2 Å². The largest absolute Gasteiger partial charge is 0.467 e. The number of H-pyrrole nitrogens is 1. The van der Waals surface area contributed by atoms with Crippen LogP contribution in [0.1, 0.15) is 77.8 Å². The zero-order chi connectivity index (χ0) is 34.6. The molecule has 1 N–H and O–H groups in total. The number of carbonyl (C=O) groups is 1. The van der Waals surface area contributed by atoms with Crippen molar-refractivity contribution in [2.75, 3.05) is 23.8 Å². The van der Waals surface area contributed by atoms with E-state index in [4.69, 9.17) is 25.5 Å². The van der Waals surface area contributed by atoms with Crippen LogP contribution in [-0.4, -0.2) is 58.8 Å². The van der Waals surface area contributed by atoms with Crippen molar-refractivity contribution in [3.63, 3.8) is 0 Å². The highest BCUT2D eigenvalue weighted by atomic mass is 35.5. The van der Waals surface area contributed by atoms with E-state index in [9.17, 15) is 13.2 Å². The van der Waals surface area contributed by atoms with Gasteiger partial charge < -0.3 is 18.9 Å². The Labute approximate surface area is 281 Å². The van der Waals surface area contributed by atoms with E-state index in [0.29, 0.717) is 33.8 Å². The van der Waals surface area contributed by atoms with Gasteiger partial charge in [-0.15, -0.1) is 0 Å². The molecule has 11 heteroatoms. The van der Waals surface area contributed by atoms with Gasteiger partial charge in [0, 0.05) is 21.7 Å². The fourth-order valence-electron chi connectivity index (χ4n) is 5.95. The molecule has 1 aliphatic rings. The third-order valence-corrected chi connectivity index (χ3v) is 16.1. The number of halogens is 1. The van der Waals surface area contributed by atoms with Crippen LogP contribution in [0.5, 0.6) is 0 Å². The average Bonchev–Trinajstić information content (AvgIpc) is 3.32. The van der Waals surface area contributed by atoms with Crippen molar-refractivity contribution in [2.24, 2.45) is 5.92 Å². The smallest absolute Gasteiger partial charge is 0.339 e. The van der Waals surface area contributed by atoms with E-state index >= 15 is 0 Å². The lowest BCUT2D eigenvalue weighted by molar-refractivity contribution is -0.164. The molecule has 0 radical (unpaired) electrons. The van der Waals surface area contributed by atoms with Crippen LogP contribution in [0.25, 0.3) is 22.0 Å². The van der Waals surface area contributed by atoms with E-state index in [1.807, 2.05) is 52.8 Å². The Morgan fingerprint density at radius 1 is 1.11 bits per heavy atom. The summed E-state index contributed by atoms with van der Waals surface area (Å²) >= 11 is 6.31. The van der Waals surface area contributed by atoms with Crippen molar-refractivity contribution in [2.45, 2.75) is 105 Å². The van der Waals surface area contributed by atoms with Gasteiger partial charge in [-0.1, -0.05) is 51.4 Å². The Kier molecular flexibility index (Phi) is 10.2. The van der Waals surface area contributed by atoms with Crippen LogP contribution in [0.4, 0.5) is 5.69 Å². The van der Waals surface area contributed by atoms with Crippen molar-refractivity contribution in [3.8, 4) is 11.1 Å². The molecule has 1 aliphatic heterocycles. The first kappa shape index (κ1) is 36.5. The molecular formula is C35H51ClN2O6SSi. The number of benzene rings is 2. The van der Waals surface area contributed by atoms with Gasteiger partial charge in [-0.25, -0.2) is 13.2 Å². The number of anilines is 1. The molecule has 1 aromatic heterocycles. The second-order valence-corrected chi connectivity index (χ2v) is 22.4. The zero-order valence-corrected chi connectivity index (χ0v) is 32.0. The fourth-order valence-corrected chi connectivity index (χ4v) is 9.15. The summed E-state index contributed by atoms with van der Waals surface area (Å²) in [6, 6.07) is 8.97. The van der Waals surface area contributed by atoms with Crippen molar-refractivity contribution in [1.29, 1.82) is 0 Å². The molecule has 0 unspecified atom stereocenters. The predicted molar refractivity (Wildman–Crippen MR) is 191 cm³/mol. The molecule has 2 heterocycles. The number of esters is 1. The summed E-state index contributed by atoms with van der Waals surface area (Å²) in [7, 11) is -4.65. The third-order valence-electron chi connectivity index (χ3n) is 9.50. The molecule has 46 heavy (non-hydrogen) atoms. The maximum Gasteiger partial charge on any atom is 0.339 e. The van der Waals surface area contributed by atoms with Crippen LogP contribution < -0.4 is 4.31 Å². The number of aromatic nitrogens is 1. The number of hydrogen-bond acceptors (Lipinski definition) is 6. The lowest BCUT2D eigenvalue weighted by atomic mass is 9.87. The standard InChI is InChI=1S/C35H51ClN2O6SSi/c1-21-17-18-45(40,41)38(27(21)20-43-46(11,12)35(7,8)9)31-23(3)28(32(33(39)42-10)44-34(4,5)6)29(24-13-15-25(36)16-14-24)26-19-22(2)37-30(26)31/h13-16,19,21,27,32,37H,17-18,20H2,1-12H3/t21-,27-,32+/m1/s1. The number of aromatic amines is 1. The minimum Gasteiger partial charge on any atom is -0.467 e. The zero-order valence-electron chi connectivity index (χ0n) is 29.4. The molecule has 254 valence electrons. The number of rotatable bonds is 8. The van der Waals surface area contributed by atoms with Gasteiger partial charge in [0.1, 0.15) is 0 Å². The van der Waals surface area contributed by atoms with Crippen LogP contribution in [-0.2, 0) is 28.7 Å². The topological polar surface area (TPSA) is 97.9 Å². The molecule has 1 fully saturated rings. The highest BCUT2D eigenvalue weighted by Gasteiger charge is 2.45. The maximum absolute atomic E-state index is 14.3. The summed E-state index contributed by atoms with van der Waals surface area (Å²) in [4.78, 5) is 17.1. The van der Waals surface area contributed by atoms with Crippen molar-refractivity contribution < 1.29 is 27.1 Å². The van der Waals surface area contributed by atoms with E-state index in [2.05, 4.69) is 45.8 Å². The number of nitrogens with zero attached hydrogens (tertiary/aromatic N) is 1. The van der Waals surface area contributed by atoms with E-state index in [-0.39, 0.29) is 23.3 Å². The summed E-state index contributed by atoms with van der Waals surface area (Å²) in [5.41, 5.74) is 4.07. The van der Waals surface area contributed by atoms with E-state index < -0.39 is 42.1 Å². The van der Waals surface area contributed by atoms with E-state index in [1.54, 1.807) is 16.4 Å². The third kappa shape index (κ3) is 7.21. The van der Waals surface area contributed by atoms with Gasteiger partial charge in [-0.3, -0.25) is 4.31 Å². The fraction of sp³-hybridized carbons (Fsp3) is 0.571. The van der Waals surface area contributed by atoms with Gasteiger partial charge in [0.15, 0.2) is 14.4 Å². The Hall–Kier alpha value is -2.37. The molecule has 4 rings (SSSR count). The molecule has 0 amide bonds. The van der Waals surface area contributed by atoms with Gasteiger partial charge in [0.25, 0.3) is 0 Å². The Morgan fingerprint density at radius 3 is 2.26 bits per heavy atom. The molecule has 1 saturated heterocycles. The molecular weight excluding hydrogens is 640 g/mol. The molecule has 0 bridgehead atoms. The second kappa shape index (κ2) is 12.9. The lowest BCUT2D eigenvalue weighted by Crippen LogP contribution is -2.54. The first-order valence-corrected chi connectivity index (χ1v) is 20.8. The quantitative estimate of drug-likeness (QED) is 0.188. The second-order valence-electron chi connectivity index (χ2n) is 15.2. The number of sulfonamides is 1. The van der Waals surface area contributed by atoms with Crippen molar-refractivity contribution in [3.05, 3.63) is 52.2 Å². The summed E-state index contributed by atoms with van der Waals surface area (Å²) < 4.78 is 48.7. The van der Waals surface area contributed by atoms with Gasteiger partial charge >= 0.3 is 5.97 Å². The van der Waals surface area contributed by atoms with Crippen LogP contribution in [0.15, 0.2) is 30.3 Å². The van der Waals surface area contributed by atoms with Gasteiger partial charge in [0.05, 0.1) is 42.3 Å². The normalized spacial score (nSPS) is 19.8. The molecule has 0 spiro atoms. The number of nitrogens with one attached hydrogen (secondary N) is 1. The number of aryl methyl sites for hydroxylation is 1. The highest BCUT2D eigenvalue weighted by Crippen LogP contribution is 2.49. The summed E-state index contributed by atoms with van der Waals surface area (Å²) in [5.74, 6) is -0.530. The lowest BCUT2D eigenvalue weighted by Gasteiger charge is -2.44. The number of fused-ring (bicyclic) bond motifs is 1. The average molecular weight is 691 g/mol. The van der Waals surface area contributed by atoms with Crippen LogP contribution in [0.3, 0.4) is 0 Å². The number of carbonyl (C=O) groups excluding carboxylic acids is 1. The van der Waals surface area contributed by atoms with Gasteiger partial charge in [-0.2, -0.15) is 0 Å². The highest BCUT2D eigenvalue weighted by molar-refractivity contribution is 7.92. The van der Waals surface area contributed by atoms with Gasteiger partial charge in [0.2, 0.25) is 10.0 Å². The summed E-state index contributed by atoms with van der Waals surface area (Å²) in [6.07, 6.45) is -0.606. The molecule has 3 atom stereocenters. The van der Waals surface area contributed by atoms with E-state index in [1.165, 1.54) is 7.11 Å². The van der Waals surface area contributed by atoms with Gasteiger partial charge in [-0.05, 0) is 100.0 Å². The number of ether oxygens (including phenoxy) is 2. The Bertz CT molecular complexity index is 1700. The molecule has 0 saturated carbocycles. The number of methoxy groups -OCH3 is 1. The Balaban J connectivity index is 2.12. The summed E-state index contributed by atoms with van der Waals surface area (Å²) in [6.45, 7) is 22.7. The monoisotopic (exact) mass is 690 g/mol. The maximum atomic E-state index is 14.3. The van der Waals surface area contributed by atoms with Crippen LogP contribution in [0, 0.1) is 19.8 Å². The SMILES string of the molecule is COC(=O)[C@@H](OC(C)(C)C)c1c(C)c(N2[C@H](CO[Si](C)(C)C(C)(C)C)[C@H](C)CCS2(=O)=O)c2[nH]c(C)cc2c1-c1ccc(Cl)cc1. The Morgan fingerprint density at radius 2 is 1.72 bits per heavy atom. The molecule has 0 aliphatic carbocycles. The first-order chi connectivity index (χ1) is 21.1. The first-order valence-electron chi connectivity index (χ1n) is 15.9.